The van der Waals surface area contributed by atoms with Crippen LogP contribution in [0.1, 0.15) is 36.7 Å². The molecule has 1 fully saturated rings. The van der Waals surface area contributed by atoms with Gasteiger partial charge in [0, 0.05) is 11.8 Å². The molecule has 4 heteroatoms. The van der Waals surface area contributed by atoms with Gasteiger partial charge in [-0.05, 0) is 26.3 Å². The van der Waals surface area contributed by atoms with E-state index < -0.39 is 0 Å². The zero-order valence-electron chi connectivity index (χ0n) is 8.34. The minimum absolute atomic E-state index is 0.0256. The fraction of sp³-hybridized carbons (Fsp3) is 0.600. The lowest BCUT2D eigenvalue weighted by Gasteiger charge is -2.22. The van der Waals surface area contributed by atoms with E-state index in [4.69, 9.17) is 0 Å². The molecule has 0 aromatic carbocycles. The monoisotopic (exact) mass is 193 g/mol. The molecule has 14 heavy (non-hydrogen) atoms. The lowest BCUT2D eigenvalue weighted by molar-refractivity contribution is 0.396. The van der Waals surface area contributed by atoms with Gasteiger partial charge in [-0.2, -0.15) is 0 Å². The largest absolute Gasteiger partial charge is 0.309 e. The van der Waals surface area contributed by atoms with Crippen molar-refractivity contribution in [3.63, 3.8) is 0 Å². The minimum Gasteiger partial charge on any atom is -0.309 e. The Balaban J connectivity index is 2.23. The van der Waals surface area contributed by atoms with Gasteiger partial charge in [-0.1, -0.05) is 6.42 Å². The van der Waals surface area contributed by atoms with E-state index >= 15 is 0 Å². The van der Waals surface area contributed by atoms with Crippen LogP contribution >= 0.6 is 0 Å². The van der Waals surface area contributed by atoms with Crippen LogP contribution in [0.4, 0.5) is 0 Å². The summed E-state index contributed by atoms with van der Waals surface area (Å²) in [5, 5.41) is 3.35. The van der Waals surface area contributed by atoms with E-state index in [0.717, 1.165) is 18.8 Å². The van der Waals surface area contributed by atoms with Gasteiger partial charge in [-0.25, -0.2) is 4.98 Å². The van der Waals surface area contributed by atoms with Crippen LogP contribution in [0.15, 0.2) is 11.0 Å². The van der Waals surface area contributed by atoms with Gasteiger partial charge in [0.1, 0.15) is 5.82 Å². The average molecular weight is 193 g/mol. The number of nitrogens with zero attached hydrogens (tertiary/aromatic N) is 1. The highest BCUT2D eigenvalue weighted by atomic mass is 16.1. The molecule has 76 valence electrons. The molecular formula is C10H15N3O. The number of nitrogens with one attached hydrogen (secondary N) is 2. The summed E-state index contributed by atoms with van der Waals surface area (Å²) in [7, 11) is 0. The van der Waals surface area contributed by atoms with Crippen LogP contribution in [0.5, 0.6) is 0 Å². The molecule has 1 aliphatic heterocycles. The third-order valence-electron chi connectivity index (χ3n) is 2.64. The number of hydrogen-bond donors (Lipinski definition) is 2. The normalized spacial score (nSPS) is 22.2. The summed E-state index contributed by atoms with van der Waals surface area (Å²) in [4.78, 5) is 18.4. The molecule has 0 spiro atoms. The van der Waals surface area contributed by atoms with Crippen molar-refractivity contribution in [1.82, 2.24) is 15.3 Å². The summed E-state index contributed by atoms with van der Waals surface area (Å²) >= 11 is 0. The van der Waals surface area contributed by atoms with Gasteiger partial charge in [-0.3, -0.25) is 4.79 Å². The van der Waals surface area contributed by atoms with Crippen LogP contribution in [0.25, 0.3) is 0 Å². The van der Waals surface area contributed by atoms with E-state index in [2.05, 4.69) is 15.3 Å². The van der Waals surface area contributed by atoms with Crippen LogP contribution in [0.2, 0.25) is 0 Å². The minimum atomic E-state index is -0.0256. The predicted octanol–water partition coefficient (Wildman–Crippen LogP) is 0.893. The summed E-state index contributed by atoms with van der Waals surface area (Å²) in [5.74, 6) is 0.778. The summed E-state index contributed by atoms with van der Waals surface area (Å²) in [6.07, 6.45) is 5.12. The number of aryl methyl sites for hydroxylation is 1. The second kappa shape index (κ2) is 3.92. The van der Waals surface area contributed by atoms with Crippen molar-refractivity contribution >= 4 is 0 Å². The Morgan fingerprint density at radius 1 is 1.50 bits per heavy atom. The van der Waals surface area contributed by atoms with E-state index in [-0.39, 0.29) is 11.6 Å². The van der Waals surface area contributed by atoms with Crippen molar-refractivity contribution in [2.75, 3.05) is 6.54 Å². The van der Waals surface area contributed by atoms with Crippen molar-refractivity contribution in [2.45, 2.75) is 32.2 Å². The molecule has 1 saturated heterocycles. The first kappa shape index (κ1) is 9.40. The number of aromatic amines is 1. The Hall–Kier alpha value is -1.16. The third-order valence-corrected chi connectivity index (χ3v) is 2.64. The van der Waals surface area contributed by atoms with Gasteiger partial charge < -0.3 is 10.3 Å². The first-order chi connectivity index (χ1) is 6.77. The van der Waals surface area contributed by atoms with E-state index in [0.29, 0.717) is 5.56 Å². The second-order valence-electron chi connectivity index (χ2n) is 3.78. The zero-order valence-corrected chi connectivity index (χ0v) is 8.34. The van der Waals surface area contributed by atoms with Crippen molar-refractivity contribution in [3.8, 4) is 0 Å². The van der Waals surface area contributed by atoms with Gasteiger partial charge in [0.2, 0.25) is 0 Å². The summed E-state index contributed by atoms with van der Waals surface area (Å²) in [6.45, 7) is 2.78. The fourth-order valence-electron chi connectivity index (χ4n) is 1.73. The maximum atomic E-state index is 11.4. The molecule has 0 saturated carbocycles. The molecule has 4 nitrogen and oxygen atoms in total. The molecule has 1 atom stereocenters. The van der Waals surface area contributed by atoms with E-state index in [9.17, 15) is 4.79 Å². The van der Waals surface area contributed by atoms with E-state index in [1.165, 1.54) is 12.8 Å². The van der Waals surface area contributed by atoms with Gasteiger partial charge >= 0.3 is 0 Å². The lowest BCUT2D eigenvalue weighted by atomic mass is 10.0. The number of H-pyrrole nitrogens is 1. The Kier molecular flexibility index (Phi) is 2.63. The molecule has 1 unspecified atom stereocenters. The predicted molar refractivity (Wildman–Crippen MR) is 54.2 cm³/mol. The van der Waals surface area contributed by atoms with Crippen LogP contribution in [-0.4, -0.2) is 16.5 Å². The number of aromatic nitrogens is 2. The highest BCUT2D eigenvalue weighted by Crippen LogP contribution is 2.18. The standard InChI is InChI=1S/C10H15N3O/c1-7-6-12-9(13-10(7)14)8-4-2-3-5-11-8/h6,8,11H,2-5H2,1H3,(H,12,13,14). The lowest BCUT2D eigenvalue weighted by Crippen LogP contribution is -2.30. The molecule has 2 N–H and O–H groups in total. The third kappa shape index (κ3) is 1.85. The summed E-state index contributed by atoms with van der Waals surface area (Å²) < 4.78 is 0. The topological polar surface area (TPSA) is 57.8 Å². The Morgan fingerprint density at radius 3 is 3.00 bits per heavy atom. The molecule has 0 amide bonds. The smallest absolute Gasteiger partial charge is 0.253 e. The van der Waals surface area contributed by atoms with Crippen LogP contribution in [0, 0.1) is 6.92 Å². The highest BCUT2D eigenvalue weighted by molar-refractivity contribution is 5.05. The molecule has 0 bridgehead atoms. The van der Waals surface area contributed by atoms with Crippen LogP contribution in [0.3, 0.4) is 0 Å². The molecule has 1 aromatic rings. The maximum absolute atomic E-state index is 11.4. The first-order valence-electron chi connectivity index (χ1n) is 5.06. The Bertz CT molecular complexity index is 366. The molecule has 2 heterocycles. The summed E-state index contributed by atoms with van der Waals surface area (Å²) in [5.41, 5.74) is 0.645. The maximum Gasteiger partial charge on any atom is 0.253 e. The molecule has 2 rings (SSSR count). The fourth-order valence-corrected chi connectivity index (χ4v) is 1.73. The van der Waals surface area contributed by atoms with Gasteiger partial charge in [0.05, 0.1) is 6.04 Å². The van der Waals surface area contributed by atoms with Crippen molar-refractivity contribution in [1.29, 1.82) is 0 Å². The van der Waals surface area contributed by atoms with Gasteiger partial charge in [0.15, 0.2) is 0 Å². The molecule has 1 aromatic heterocycles. The number of piperidine rings is 1. The van der Waals surface area contributed by atoms with Crippen LogP contribution < -0.4 is 10.9 Å². The Morgan fingerprint density at radius 2 is 2.36 bits per heavy atom. The quantitative estimate of drug-likeness (QED) is 0.696. The number of rotatable bonds is 1. The van der Waals surface area contributed by atoms with Crippen molar-refractivity contribution in [2.24, 2.45) is 0 Å². The van der Waals surface area contributed by atoms with Gasteiger partial charge in [0.25, 0.3) is 5.56 Å². The Labute approximate surface area is 82.8 Å². The zero-order chi connectivity index (χ0) is 9.97. The average Bonchev–Trinajstić information content (AvgIpc) is 2.23. The molecule has 1 aliphatic rings. The van der Waals surface area contributed by atoms with E-state index in [1.54, 1.807) is 13.1 Å². The SMILES string of the molecule is Cc1cnc(C2CCCCN2)[nH]c1=O. The summed E-state index contributed by atoms with van der Waals surface area (Å²) in [6, 6.07) is 0.233. The number of hydrogen-bond acceptors (Lipinski definition) is 3. The molecule has 0 radical (unpaired) electrons. The van der Waals surface area contributed by atoms with Gasteiger partial charge in [-0.15, -0.1) is 0 Å². The van der Waals surface area contributed by atoms with E-state index in [1.807, 2.05) is 0 Å². The van der Waals surface area contributed by atoms with Crippen molar-refractivity contribution in [3.05, 3.63) is 27.9 Å². The highest BCUT2D eigenvalue weighted by Gasteiger charge is 2.16. The van der Waals surface area contributed by atoms with Crippen molar-refractivity contribution < 1.29 is 0 Å². The second-order valence-corrected chi connectivity index (χ2v) is 3.78. The van der Waals surface area contributed by atoms with Crippen LogP contribution in [-0.2, 0) is 0 Å². The molecule has 0 aliphatic carbocycles. The first-order valence-corrected chi connectivity index (χ1v) is 5.06. The molecular weight excluding hydrogens is 178 g/mol.